The molecule has 1 aliphatic heterocycles. The zero-order valence-corrected chi connectivity index (χ0v) is 15.1. The van der Waals surface area contributed by atoms with E-state index in [0.717, 1.165) is 24.1 Å². The Morgan fingerprint density at radius 3 is 2.68 bits per heavy atom. The maximum Gasteiger partial charge on any atom is 0.387 e. The third-order valence-corrected chi connectivity index (χ3v) is 4.97. The number of ether oxygens (including phenoxy) is 2. The average Bonchev–Trinajstić information content (AvgIpc) is 3.28. The summed E-state index contributed by atoms with van der Waals surface area (Å²) in [6.07, 6.45) is 1.90. The molecule has 1 unspecified atom stereocenters. The van der Waals surface area contributed by atoms with Crippen LogP contribution in [0, 0.1) is 11.3 Å². The van der Waals surface area contributed by atoms with Crippen LogP contribution in [-0.2, 0) is 11.3 Å². The minimum Gasteiger partial charge on any atom is -0.435 e. The molecular formula is C21H19F2N3O2. The van der Waals surface area contributed by atoms with Crippen LogP contribution < -0.4 is 10.5 Å². The van der Waals surface area contributed by atoms with E-state index in [1.54, 1.807) is 24.3 Å². The Morgan fingerprint density at radius 1 is 1.25 bits per heavy atom. The van der Waals surface area contributed by atoms with Gasteiger partial charge in [0.15, 0.2) is 0 Å². The van der Waals surface area contributed by atoms with Crippen molar-refractivity contribution < 1.29 is 18.3 Å². The van der Waals surface area contributed by atoms with Crippen molar-refractivity contribution in [1.29, 1.82) is 5.26 Å². The topological polar surface area (TPSA) is 73.2 Å². The number of nitrogens with zero attached hydrogens (tertiary/aromatic N) is 2. The molecular weight excluding hydrogens is 364 g/mol. The Labute approximate surface area is 160 Å². The molecule has 1 aliphatic rings. The molecule has 144 valence electrons. The van der Waals surface area contributed by atoms with E-state index in [-0.39, 0.29) is 11.9 Å². The molecule has 0 amide bonds. The van der Waals surface area contributed by atoms with Gasteiger partial charge >= 0.3 is 6.61 Å². The normalized spacial score (nSPS) is 16.6. The second-order valence-electron chi connectivity index (χ2n) is 6.76. The maximum atomic E-state index is 12.7. The van der Waals surface area contributed by atoms with Gasteiger partial charge in [0.25, 0.3) is 0 Å². The monoisotopic (exact) mass is 383 g/mol. The molecule has 4 rings (SSSR count). The fourth-order valence-electron chi connectivity index (χ4n) is 3.74. The Hall–Kier alpha value is -3.11. The molecule has 0 saturated carbocycles. The second-order valence-corrected chi connectivity index (χ2v) is 6.76. The lowest BCUT2D eigenvalue weighted by molar-refractivity contribution is -0.0497. The summed E-state index contributed by atoms with van der Waals surface area (Å²) in [5, 5.41) is 10.5. The highest BCUT2D eigenvalue weighted by Gasteiger charge is 2.24. The van der Waals surface area contributed by atoms with Crippen molar-refractivity contribution in [2.75, 3.05) is 12.3 Å². The fourth-order valence-corrected chi connectivity index (χ4v) is 3.74. The summed E-state index contributed by atoms with van der Waals surface area (Å²) in [4.78, 5) is 0. The lowest BCUT2D eigenvalue weighted by Gasteiger charge is -2.16. The first kappa shape index (κ1) is 18.3. The van der Waals surface area contributed by atoms with Crippen molar-refractivity contribution >= 4 is 16.6 Å². The second kappa shape index (κ2) is 7.49. The molecule has 2 heterocycles. The van der Waals surface area contributed by atoms with Gasteiger partial charge in [-0.05, 0) is 42.7 Å². The molecule has 0 spiro atoms. The van der Waals surface area contributed by atoms with Gasteiger partial charge in [0.2, 0.25) is 0 Å². The molecule has 1 aromatic heterocycles. The Morgan fingerprint density at radius 2 is 2.04 bits per heavy atom. The SMILES string of the molecule is N#Cc1c(-c2ccc(N)cc2)n(CC2CCCO2)c2cc(OC(F)F)ccc12. The molecule has 1 saturated heterocycles. The van der Waals surface area contributed by atoms with E-state index in [2.05, 4.69) is 10.8 Å². The molecule has 28 heavy (non-hydrogen) atoms. The van der Waals surface area contributed by atoms with Crippen LogP contribution in [0.5, 0.6) is 5.75 Å². The van der Waals surface area contributed by atoms with Crippen LogP contribution in [0.1, 0.15) is 18.4 Å². The first-order valence-corrected chi connectivity index (χ1v) is 9.05. The van der Waals surface area contributed by atoms with E-state index in [4.69, 9.17) is 10.5 Å². The number of alkyl halides is 2. The maximum absolute atomic E-state index is 12.7. The number of nitriles is 1. The summed E-state index contributed by atoms with van der Waals surface area (Å²) in [6, 6.07) is 14.2. The van der Waals surface area contributed by atoms with Crippen molar-refractivity contribution in [3.8, 4) is 23.1 Å². The highest BCUT2D eigenvalue weighted by Crippen LogP contribution is 2.36. The van der Waals surface area contributed by atoms with Crippen LogP contribution in [-0.4, -0.2) is 23.9 Å². The van der Waals surface area contributed by atoms with Crippen molar-refractivity contribution in [2.24, 2.45) is 0 Å². The molecule has 5 nitrogen and oxygen atoms in total. The fraction of sp³-hybridized carbons (Fsp3) is 0.286. The first-order chi connectivity index (χ1) is 13.6. The molecule has 3 aromatic rings. The zero-order valence-electron chi connectivity index (χ0n) is 15.1. The van der Waals surface area contributed by atoms with Crippen LogP contribution >= 0.6 is 0 Å². The van der Waals surface area contributed by atoms with Crippen LogP contribution in [0.4, 0.5) is 14.5 Å². The van der Waals surface area contributed by atoms with Gasteiger partial charge in [0.05, 0.1) is 22.9 Å². The molecule has 1 fully saturated rings. The number of anilines is 1. The standard InChI is InChI=1S/C21H19F2N3O2/c22-21(23)28-15-7-8-17-18(11-24)20(13-3-5-14(25)6-4-13)26(19(17)10-15)12-16-2-1-9-27-16/h3-8,10,16,21H,1-2,9,12,25H2. The van der Waals surface area contributed by atoms with Gasteiger partial charge < -0.3 is 19.8 Å². The molecule has 0 radical (unpaired) electrons. The van der Waals surface area contributed by atoms with Crippen molar-refractivity contribution in [3.05, 3.63) is 48.0 Å². The molecule has 7 heteroatoms. The molecule has 2 aromatic carbocycles. The molecule has 1 atom stereocenters. The van der Waals surface area contributed by atoms with Gasteiger partial charge in [0.1, 0.15) is 11.8 Å². The van der Waals surface area contributed by atoms with E-state index < -0.39 is 6.61 Å². The summed E-state index contributed by atoms with van der Waals surface area (Å²) in [7, 11) is 0. The van der Waals surface area contributed by atoms with E-state index in [9.17, 15) is 14.0 Å². The third-order valence-electron chi connectivity index (χ3n) is 4.97. The van der Waals surface area contributed by atoms with Gasteiger partial charge in [-0.3, -0.25) is 0 Å². The smallest absolute Gasteiger partial charge is 0.387 e. The lowest BCUT2D eigenvalue weighted by Crippen LogP contribution is -2.15. The number of halogens is 2. The summed E-state index contributed by atoms with van der Waals surface area (Å²) in [6.45, 7) is -1.69. The number of hydrogen-bond acceptors (Lipinski definition) is 4. The molecule has 0 aliphatic carbocycles. The number of aromatic nitrogens is 1. The van der Waals surface area contributed by atoms with Gasteiger partial charge in [-0.1, -0.05) is 12.1 Å². The molecule has 0 bridgehead atoms. The Balaban J connectivity index is 1.93. The minimum atomic E-state index is -2.91. The summed E-state index contributed by atoms with van der Waals surface area (Å²) >= 11 is 0. The number of fused-ring (bicyclic) bond motifs is 1. The summed E-state index contributed by atoms with van der Waals surface area (Å²) in [5.41, 5.74) is 9.13. The van der Waals surface area contributed by atoms with Crippen LogP contribution in [0.3, 0.4) is 0 Å². The predicted octanol–water partition coefficient (Wildman–Crippen LogP) is 4.54. The highest BCUT2D eigenvalue weighted by molar-refractivity contribution is 5.95. The number of nitrogen functional groups attached to an aromatic ring is 1. The van der Waals surface area contributed by atoms with E-state index >= 15 is 0 Å². The van der Waals surface area contributed by atoms with Crippen molar-refractivity contribution in [3.63, 3.8) is 0 Å². The first-order valence-electron chi connectivity index (χ1n) is 9.05. The van der Waals surface area contributed by atoms with Crippen molar-refractivity contribution in [2.45, 2.75) is 32.1 Å². The lowest BCUT2D eigenvalue weighted by atomic mass is 10.1. The van der Waals surface area contributed by atoms with Crippen molar-refractivity contribution in [1.82, 2.24) is 4.57 Å². The quantitative estimate of drug-likeness (QED) is 0.657. The van der Waals surface area contributed by atoms with Crippen LogP contribution in [0.25, 0.3) is 22.2 Å². The zero-order chi connectivity index (χ0) is 19.7. The highest BCUT2D eigenvalue weighted by atomic mass is 19.3. The van der Waals surface area contributed by atoms with Gasteiger partial charge in [-0.25, -0.2) is 0 Å². The predicted molar refractivity (Wildman–Crippen MR) is 102 cm³/mol. The van der Waals surface area contributed by atoms with E-state index in [0.29, 0.717) is 35.3 Å². The van der Waals surface area contributed by atoms with E-state index in [1.165, 1.54) is 6.07 Å². The number of nitrogens with two attached hydrogens (primary N) is 1. The Bertz CT molecular complexity index is 1030. The number of hydrogen-bond donors (Lipinski definition) is 1. The van der Waals surface area contributed by atoms with Crippen LogP contribution in [0.15, 0.2) is 42.5 Å². The van der Waals surface area contributed by atoms with Crippen LogP contribution in [0.2, 0.25) is 0 Å². The Kier molecular flexibility index (Phi) is 4.88. The van der Waals surface area contributed by atoms with E-state index in [1.807, 2.05) is 16.7 Å². The average molecular weight is 383 g/mol. The van der Waals surface area contributed by atoms with Gasteiger partial charge in [0, 0.05) is 30.3 Å². The number of benzene rings is 2. The minimum absolute atomic E-state index is 0.00866. The third kappa shape index (κ3) is 3.39. The summed E-state index contributed by atoms with van der Waals surface area (Å²) < 4.78 is 37.7. The summed E-state index contributed by atoms with van der Waals surface area (Å²) in [5.74, 6) is 0.0573. The number of rotatable bonds is 5. The largest absolute Gasteiger partial charge is 0.435 e. The molecule has 2 N–H and O–H groups in total. The van der Waals surface area contributed by atoms with Gasteiger partial charge in [-0.2, -0.15) is 14.0 Å². The van der Waals surface area contributed by atoms with Gasteiger partial charge in [-0.15, -0.1) is 0 Å².